The van der Waals surface area contributed by atoms with E-state index in [1.165, 1.54) is 61.5 Å². The molecule has 2 aromatic carbocycles. The molecular formula is C31H36ClN3O. The van der Waals surface area contributed by atoms with Crippen LogP contribution in [0.3, 0.4) is 0 Å². The number of H-pyrrole nitrogens is 1. The third kappa shape index (κ3) is 4.99. The van der Waals surface area contributed by atoms with Crippen LogP contribution in [0.15, 0.2) is 60.8 Å². The summed E-state index contributed by atoms with van der Waals surface area (Å²) in [5.74, 6) is 1.42. The average molecular weight is 502 g/mol. The number of amides is 1. The van der Waals surface area contributed by atoms with Crippen LogP contribution < -0.4 is 5.32 Å². The van der Waals surface area contributed by atoms with Gasteiger partial charge in [0.1, 0.15) is 0 Å². The van der Waals surface area contributed by atoms with Crippen LogP contribution in [0.2, 0.25) is 5.02 Å². The summed E-state index contributed by atoms with van der Waals surface area (Å²) in [5, 5.41) is 5.30. The maximum absolute atomic E-state index is 12.4. The minimum absolute atomic E-state index is 0.0178. The monoisotopic (exact) mass is 501 g/mol. The summed E-state index contributed by atoms with van der Waals surface area (Å²) < 4.78 is 0. The molecule has 3 heterocycles. The van der Waals surface area contributed by atoms with Gasteiger partial charge in [-0.15, -0.1) is 0 Å². The number of nitrogens with zero attached hydrogens (tertiary/aromatic N) is 1. The van der Waals surface area contributed by atoms with Crippen LogP contribution >= 0.6 is 11.6 Å². The molecule has 6 rings (SSSR count). The molecule has 188 valence electrons. The first-order valence-electron chi connectivity index (χ1n) is 13.7. The van der Waals surface area contributed by atoms with Gasteiger partial charge in [0, 0.05) is 52.9 Å². The summed E-state index contributed by atoms with van der Waals surface area (Å²) >= 11 is 6.19. The van der Waals surface area contributed by atoms with Gasteiger partial charge in [0.25, 0.3) is 0 Å². The topological polar surface area (TPSA) is 48.1 Å². The van der Waals surface area contributed by atoms with Crippen molar-refractivity contribution in [3.05, 3.63) is 77.0 Å². The Kier molecular flexibility index (Phi) is 6.90. The van der Waals surface area contributed by atoms with E-state index >= 15 is 0 Å². The second-order valence-corrected chi connectivity index (χ2v) is 11.5. The Bertz CT molecular complexity index is 1230. The third-order valence-electron chi connectivity index (χ3n) is 8.93. The van der Waals surface area contributed by atoms with Crippen molar-refractivity contribution in [1.82, 2.24) is 15.2 Å². The van der Waals surface area contributed by atoms with E-state index in [1.54, 1.807) is 12.2 Å². The molecule has 0 radical (unpaired) electrons. The molecule has 36 heavy (non-hydrogen) atoms. The summed E-state index contributed by atoms with van der Waals surface area (Å²) in [6, 6.07) is 18.1. The molecule has 2 N–H and O–H groups in total. The van der Waals surface area contributed by atoms with Gasteiger partial charge < -0.3 is 10.3 Å². The molecule has 2 saturated heterocycles. The zero-order chi connectivity index (χ0) is 24.5. The summed E-state index contributed by atoms with van der Waals surface area (Å²) in [6.07, 6.45) is 15.6. The lowest BCUT2D eigenvalue weighted by atomic mass is 9.82. The number of benzene rings is 2. The Morgan fingerprint density at radius 1 is 0.972 bits per heavy atom. The van der Waals surface area contributed by atoms with Crippen molar-refractivity contribution < 1.29 is 4.79 Å². The third-order valence-corrected chi connectivity index (χ3v) is 9.27. The number of fused-ring (bicyclic) bond motifs is 3. The molecule has 1 amide bonds. The SMILES string of the molecule is O=C(/C=C/c1ccccc1Cl)NC1CCC(CN2C3CCC2CC(c2c[nH]c4ccccc24)C3)CC1. The molecule has 1 aromatic heterocycles. The molecule has 2 aliphatic heterocycles. The smallest absolute Gasteiger partial charge is 0.244 e. The molecule has 5 heteroatoms. The van der Waals surface area contributed by atoms with Gasteiger partial charge in [0.05, 0.1) is 0 Å². The van der Waals surface area contributed by atoms with E-state index in [1.807, 2.05) is 24.3 Å². The highest BCUT2D eigenvalue weighted by molar-refractivity contribution is 6.32. The van der Waals surface area contributed by atoms with Gasteiger partial charge in [-0.25, -0.2) is 0 Å². The number of aromatic nitrogens is 1. The molecule has 3 aliphatic rings. The van der Waals surface area contributed by atoms with Crippen LogP contribution in [-0.4, -0.2) is 40.5 Å². The van der Waals surface area contributed by atoms with Crippen molar-refractivity contribution in [3.63, 3.8) is 0 Å². The maximum Gasteiger partial charge on any atom is 0.244 e. The Balaban J connectivity index is 0.993. The number of hydrogen-bond acceptors (Lipinski definition) is 2. The Morgan fingerprint density at radius 3 is 2.47 bits per heavy atom. The Morgan fingerprint density at radius 2 is 1.69 bits per heavy atom. The molecule has 1 aliphatic carbocycles. The van der Waals surface area contributed by atoms with Gasteiger partial charge in [-0.3, -0.25) is 9.69 Å². The molecular weight excluding hydrogens is 466 g/mol. The van der Waals surface area contributed by atoms with Crippen molar-refractivity contribution in [2.24, 2.45) is 5.92 Å². The van der Waals surface area contributed by atoms with E-state index in [9.17, 15) is 4.79 Å². The lowest BCUT2D eigenvalue weighted by molar-refractivity contribution is -0.117. The molecule has 3 fully saturated rings. The fraction of sp³-hybridized carbons (Fsp3) is 0.452. The van der Waals surface area contributed by atoms with Crippen molar-refractivity contribution in [2.75, 3.05) is 6.54 Å². The van der Waals surface area contributed by atoms with E-state index in [0.29, 0.717) is 10.9 Å². The first-order valence-corrected chi connectivity index (χ1v) is 14.1. The number of piperidine rings is 1. The first-order chi connectivity index (χ1) is 17.6. The lowest BCUT2D eigenvalue weighted by Crippen LogP contribution is -2.46. The van der Waals surface area contributed by atoms with Crippen molar-refractivity contribution in [1.29, 1.82) is 0 Å². The van der Waals surface area contributed by atoms with Crippen LogP contribution in [0.1, 0.15) is 68.4 Å². The zero-order valence-corrected chi connectivity index (χ0v) is 21.6. The number of halogens is 1. The van der Waals surface area contributed by atoms with Gasteiger partial charge in [0.2, 0.25) is 5.91 Å². The minimum Gasteiger partial charge on any atom is -0.361 e. The second kappa shape index (κ2) is 10.4. The minimum atomic E-state index is -0.0178. The zero-order valence-electron chi connectivity index (χ0n) is 20.8. The predicted molar refractivity (Wildman–Crippen MR) is 148 cm³/mol. The molecule has 1 saturated carbocycles. The van der Waals surface area contributed by atoms with Crippen LogP contribution in [0.25, 0.3) is 17.0 Å². The first kappa shape index (κ1) is 23.8. The van der Waals surface area contributed by atoms with Crippen LogP contribution in [0.5, 0.6) is 0 Å². The molecule has 2 unspecified atom stereocenters. The standard InChI is InChI=1S/C31H36ClN3O/c32-29-7-3-1-5-22(29)11-16-31(36)34-24-12-9-21(10-13-24)20-35-25-14-15-26(35)18-23(17-25)28-19-33-30-8-4-2-6-27(28)30/h1-8,11,16,19,21,23-26,33H,9-10,12-15,17-18,20H2,(H,34,36)/b16-11+. The van der Waals surface area contributed by atoms with Crippen LogP contribution in [0.4, 0.5) is 0 Å². The molecule has 2 bridgehead atoms. The number of nitrogens with one attached hydrogen (secondary N) is 2. The number of para-hydroxylation sites is 1. The van der Waals surface area contributed by atoms with E-state index in [4.69, 9.17) is 11.6 Å². The van der Waals surface area contributed by atoms with Crippen molar-refractivity contribution in [3.8, 4) is 0 Å². The number of hydrogen-bond donors (Lipinski definition) is 2. The van der Waals surface area contributed by atoms with Gasteiger partial charge in [-0.2, -0.15) is 0 Å². The molecule has 2 atom stereocenters. The largest absolute Gasteiger partial charge is 0.361 e. The fourth-order valence-electron chi connectivity index (χ4n) is 7.07. The van der Waals surface area contributed by atoms with Crippen molar-refractivity contribution in [2.45, 2.75) is 75.4 Å². The van der Waals surface area contributed by atoms with Gasteiger partial charge in [0.15, 0.2) is 0 Å². The molecule has 3 aromatic rings. The van der Waals surface area contributed by atoms with Crippen LogP contribution in [0, 0.1) is 5.92 Å². The number of aromatic amines is 1. The van der Waals surface area contributed by atoms with E-state index < -0.39 is 0 Å². The van der Waals surface area contributed by atoms with Gasteiger partial charge in [-0.1, -0.05) is 48.0 Å². The van der Waals surface area contributed by atoms with Gasteiger partial charge in [-0.05, 0) is 92.5 Å². The van der Waals surface area contributed by atoms with Gasteiger partial charge >= 0.3 is 0 Å². The highest BCUT2D eigenvalue weighted by atomic mass is 35.5. The normalized spacial score (nSPS) is 28.6. The summed E-state index contributed by atoms with van der Waals surface area (Å²) in [4.78, 5) is 18.8. The second-order valence-electron chi connectivity index (χ2n) is 11.1. The van der Waals surface area contributed by atoms with Crippen LogP contribution in [-0.2, 0) is 4.79 Å². The molecule has 4 nitrogen and oxygen atoms in total. The highest BCUT2D eigenvalue weighted by Gasteiger charge is 2.42. The lowest BCUT2D eigenvalue weighted by Gasteiger charge is -2.42. The maximum atomic E-state index is 12.4. The summed E-state index contributed by atoms with van der Waals surface area (Å²) in [5.41, 5.74) is 3.67. The quantitative estimate of drug-likeness (QED) is 0.360. The molecule has 0 spiro atoms. The number of carbonyl (C=O) groups is 1. The fourth-order valence-corrected chi connectivity index (χ4v) is 7.27. The highest BCUT2D eigenvalue weighted by Crippen LogP contribution is 2.45. The van der Waals surface area contributed by atoms with E-state index in [0.717, 1.165) is 36.4 Å². The summed E-state index contributed by atoms with van der Waals surface area (Å²) in [6.45, 7) is 1.24. The van der Waals surface area contributed by atoms with E-state index in [2.05, 4.69) is 45.7 Å². The predicted octanol–water partition coefficient (Wildman–Crippen LogP) is 6.92. The Labute approximate surface area is 219 Å². The number of rotatable bonds is 6. The average Bonchev–Trinajstić information content (AvgIpc) is 3.41. The Hall–Kier alpha value is -2.56. The van der Waals surface area contributed by atoms with Crippen molar-refractivity contribution >= 4 is 34.5 Å². The summed E-state index contributed by atoms with van der Waals surface area (Å²) in [7, 11) is 0. The number of carbonyl (C=O) groups excluding carboxylic acids is 1. The van der Waals surface area contributed by atoms with E-state index in [-0.39, 0.29) is 11.9 Å².